The van der Waals surface area contributed by atoms with Crippen molar-refractivity contribution in [3.63, 3.8) is 0 Å². The molecule has 0 atom stereocenters. The number of nitrogens with one attached hydrogen (secondary N) is 1. The van der Waals surface area contributed by atoms with Gasteiger partial charge in [-0.1, -0.05) is 5.92 Å². The summed E-state index contributed by atoms with van der Waals surface area (Å²) in [6.45, 7) is 6.30. The summed E-state index contributed by atoms with van der Waals surface area (Å²) in [7, 11) is 0. The zero-order valence-electron chi connectivity index (χ0n) is 18.0. The van der Waals surface area contributed by atoms with Crippen molar-refractivity contribution in [3.05, 3.63) is 11.8 Å². The fourth-order valence-electron chi connectivity index (χ4n) is 2.92. The van der Waals surface area contributed by atoms with E-state index < -0.39 is 11.7 Å². The summed E-state index contributed by atoms with van der Waals surface area (Å²) in [6, 6.07) is 1.74. The molecule has 12 nitrogen and oxygen atoms in total. The van der Waals surface area contributed by atoms with Crippen LogP contribution in [0, 0.1) is 11.8 Å². The summed E-state index contributed by atoms with van der Waals surface area (Å²) in [5, 5.41) is 28.4. The van der Waals surface area contributed by atoms with Crippen LogP contribution < -0.4 is 15.8 Å². The summed E-state index contributed by atoms with van der Waals surface area (Å²) in [5.74, 6) is 6.52. The summed E-state index contributed by atoms with van der Waals surface area (Å²) in [5.41, 5.74) is 6.47. The average molecular weight is 443 g/mol. The number of carboxylic acid groups (broad SMARTS) is 1. The van der Waals surface area contributed by atoms with E-state index >= 15 is 0 Å². The van der Waals surface area contributed by atoms with Crippen LogP contribution in [0.4, 0.5) is 10.6 Å². The molecule has 0 spiro atoms. The monoisotopic (exact) mass is 443 g/mol. The van der Waals surface area contributed by atoms with Crippen LogP contribution in [0.3, 0.4) is 0 Å². The molecule has 5 N–H and O–H groups in total. The van der Waals surface area contributed by atoms with E-state index in [4.69, 9.17) is 20.2 Å². The Balaban J connectivity index is 1.97. The van der Waals surface area contributed by atoms with Gasteiger partial charge in [-0.05, 0) is 49.8 Å². The fraction of sp³-hybridized carbons (Fsp3) is 0.450. The lowest BCUT2D eigenvalue weighted by Crippen LogP contribution is -2.22. The smallest absolute Gasteiger partial charge is 0.404 e. The summed E-state index contributed by atoms with van der Waals surface area (Å²) < 4.78 is 12.4. The summed E-state index contributed by atoms with van der Waals surface area (Å²) in [6.07, 6.45) is 0.194. The number of rotatable bonds is 8. The zero-order valence-corrected chi connectivity index (χ0v) is 18.0. The van der Waals surface area contributed by atoms with E-state index in [9.17, 15) is 9.90 Å². The molecule has 0 aliphatic heterocycles. The Labute approximate surface area is 183 Å². The number of ether oxygens (including phenoxy) is 1. The Bertz CT molecular complexity index is 1170. The first kappa shape index (κ1) is 22.8. The number of pyridine rings is 1. The molecular formula is C20H25N7O5. The number of amides is 1. The number of nitrogens with two attached hydrogens (primary N) is 1. The molecule has 1 amide bonds. The second kappa shape index (κ2) is 9.52. The van der Waals surface area contributed by atoms with Gasteiger partial charge in [-0.15, -0.1) is 0 Å². The Morgan fingerprint density at radius 3 is 2.75 bits per heavy atom. The molecule has 0 unspecified atom stereocenters. The fourth-order valence-corrected chi connectivity index (χ4v) is 2.92. The topological polar surface area (TPSA) is 174 Å². The van der Waals surface area contributed by atoms with E-state index in [0.717, 1.165) is 0 Å². The minimum atomic E-state index is -1.22. The van der Waals surface area contributed by atoms with Gasteiger partial charge in [0, 0.05) is 19.2 Å². The number of anilines is 1. The number of aliphatic hydroxyl groups is 1. The first-order valence-electron chi connectivity index (χ1n) is 10.0. The normalized spacial score (nSPS) is 11.2. The van der Waals surface area contributed by atoms with Gasteiger partial charge in [0.05, 0.1) is 12.1 Å². The van der Waals surface area contributed by atoms with Crippen molar-refractivity contribution in [2.75, 3.05) is 18.9 Å². The van der Waals surface area contributed by atoms with Crippen LogP contribution in [0.15, 0.2) is 10.7 Å². The van der Waals surface area contributed by atoms with Crippen molar-refractivity contribution in [3.8, 4) is 29.2 Å². The molecule has 3 heterocycles. The quantitative estimate of drug-likeness (QED) is 0.296. The lowest BCUT2D eigenvalue weighted by atomic mass is 10.1. The molecule has 0 aromatic carbocycles. The van der Waals surface area contributed by atoms with Crippen molar-refractivity contribution in [2.24, 2.45) is 0 Å². The van der Waals surface area contributed by atoms with E-state index in [2.05, 4.69) is 37.4 Å². The van der Waals surface area contributed by atoms with Crippen LogP contribution in [0.1, 0.15) is 39.3 Å². The van der Waals surface area contributed by atoms with Crippen molar-refractivity contribution in [1.82, 2.24) is 30.2 Å². The molecule has 12 heteroatoms. The second-order valence-electron chi connectivity index (χ2n) is 7.45. The van der Waals surface area contributed by atoms with E-state index in [1.165, 1.54) is 0 Å². The summed E-state index contributed by atoms with van der Waals surface area (Å²) in [4.78, 5) is 19.6. The molecule has 0 fully saturated rings. The number of fused-ring (bicyclic) bond motifs is 1. The zero-order chi connectivity index (χ0) is 23.3. The van der Waals surface area contributed by atoms with Gasteiger partial charge < -0.3 is 30.6 Å². The van der Waals surface area contributed by atoms with Crippen molar-refractivity contribution >= 4 is 22.9 Å². The number of aromatic nitrogens is 5. The predicted octanol–water partition coefficient (Wildman–Crippen LogP) is 1.63. The maximum Gasteiger partial charge on any atom is 0.404 e. The van der Waals surface area contributed by atoms with Gasteiger partial charge >= 0.3 is 6.09 Å². The number of hydrogen-bond donors (Lipinski definition) is 4. The Kier molecular flexibility index (Phi) is 6.79. The minimum absolute atomic E-state index is 0.110. The van der Waals surface area contributed by atoms with Gasteiger partial charge in [0.1, 0.15) is 16.8 Å². The standard InChI is InChI=1S/C20H25N7O5/c1-4-27-13-11-14(31-10-6-5-9-22-19(28)29)23-12(7-8-20(2,3)30)15(13)24-18(27)16-17(21)26-32-25-16/h11,22,30H,4-6,9-10H2,1-3H3,(H2,21,26)(H,28,29). The van der Waals surface area contributed by atoms with Gasteiger partial charge in [0.2, 0.25) is 5.88 Å². The molecule has 170 valence electrons. The van der Waals surface area contributed by atoms with Crippen LogP contribution in [0.25, 0.3) is 22.6 Å². The molecule has 0 bridgehead atoms. The molecule has 0 radical (unpaired) electrons. The van der Waals surface area contributed by atoms with Crippen LogP contribution >= 0.6 is 0 Å². The Morgan fingerprint density at radius 2 is 2.12 bits per heavy atom. The SMILES string of the molecule is CCn1c(-c2nonc2N)nc2c(C#CC(C)(C)O)nc(OCCCCNC(=O)O)cc21. The van der Waals surface area contributed by atoms with Gasteiger partial charge in [0.15, 0.2) is 17.3 Å². The van der Waals surface area contributed by atoms with Crippen LogP contribution in [-0.2, 0) is 6.54 Å². The number of nitrogen functional groups attached to an aromatic ring is 1. The number of carbonyl (C=O) groups is 1. The molecule has 3 rings (SSSR count). The van der Waals surface area contributed by atoms with Crippen molar-refractivity contribution in [1.29, 1.82) is 0 Å². The molecule has 3 aromatic rings. The largest absolute Gasteiger partial charge is 0.478 e. The maximum absolute atomic E-state index is 10.5. The molecule has 32 heavy (non-hydrogen) atoms. The lowest BCUT2D eigenvalue weighted by molar-refractivity contribution is 0.143. The van der Waals surface area contributed by atoms with Gasteiger partial charge in [0.25, 0.3) is 0 Å². The number of aryl methyl sites for hydroxylation is 1. The highest BCUT2D eigenvalue weighted by Crippen LogP contribution is 2.29. The van der Waals surface area contributed by atoms with E-state index in [0.29, 0.717) is 66.7 Å². The Hall–Kier alpha value is -3.85. The molecule has 0 aliphatic rings. The van der Waals surface area contributed by atoms with Crippen molar-refractivity contribution in [2.45, 2.75) is 45.8 Å². The minimum Gasteiger partial charge on any atom is -0.478 e. The highest BCUT2D eigenvalue weighted by Gasteiger charge is 2.21. The second-order valence-corrected chi connectivity index (χ2v) is 7.45. The first-order valence-corrected chi connectivity index (χ1v) is 10.0. The van der Waals surface area contributed by atoms with Gasteiger partial charge in [-0.25, -0.2) is 19.4 Å². The third kappa shape index (κ3) is 5.44. The van der Waals surface area contributed by atoms with Crippen LogP contribution in [0.2, 0.25) is 0 Å². The highest BCUT2D eigenvalue weighted by molar-refractivity contribution is 5.86. The first-order chi connectivity index (χ1) is 15.2. The van der Waals surface area contributed by atoms with Crippen LogP contribution in [0.5, 0.6) is 5.88 Å². The Morgan fingerprint density at radius 1 is 1.34 bits per heavy atom. The third-order valence-electron chi connectivity index (χ3n) is 4.34. The number of nitrogens with zero attached hydrogens (tertiary/aromatic N) is 5. The average Bonchev–Trinajstić information content (AvgIpc) is 3.30. The molecule has 0 saturated carbocycles. The van der Waals surface area contributed by atoms with Crippen LogP contribution in [-0.4, -0.2) is 59.9 Å². The van der Waals surface area contributed by atoms with E-state index in [-0.39, 0.29) is 5.82 Å². The lowest BCUT2D eigenvalue weighted by Gasteiger charge is -2.09. The van der Waals surface area contributed by atoms with Crippen molar-refractivity contribution < 1.29 is 24.4 Å². The molecule has 0 saturated heterocycles. The highest BCUT2D eigenvalue weighted by atomic mass is 16.6. The number of unbranched alkanes of at least 4 members (excludes halogenated alkanes) is 1. The molecule has 3 aromatic heterocycles. The third-order valence-corrected chi connectivity index (χ3v) is 4.34. The van der Waals surface area contributed by atoms with Gasteiger partial charge in [-0.3, -0.25) is 0 Å². The van der Waals surface area contributed by atoms with Gasteiger partial charge in [-0.2, -0.15) is 0 Å². The van der Waals surface area contributed by atoms with E-state index in [1.54, 1.807) is 19.9 Å². The molecular weight excluding hydrogens is 418 g/mol. The molecule has 0 aliphatic carbocycles. The van der Waals surface area contributed by atoms with E-state index in [1.807, 2.05) is 11.5 Å². The number of hydrogen-bond acceptors (Lipinski definition) is 9. The number of imidazole rings is 1. The summed E-state index contributed by atoms with van der Waals surface area (Å²) >= 11 is 0. The predicted molar refractivity (Wildman–Crippen MR) is 115 cm³/mol. The maximum atomic E-state index is 10.5.